The molecule has 0 amide bonds. The van der Waals surface area contributed by atoms with Gasteiger partial charge in [0.1, 0.15) is 23.6 Å². The quantitative estimate of drug-likeness (QED) is 0.744. The molecule has 1 fully saturated rings. The molecule has 1 saturated heterocycles. The van der Waals surface area contributed by atoms with Crippen molar-refractivity contribution in [3.63, 3.8) is 0 Å². The number of thiazole rings is 1. The Bertz CT molecular complexity index is 831. The number of para-hydroxylation sites is 1. The van der Waals surface area contributed by atoms with E-state index in [2.05, 4.69) is 20.9 Å². The van der Waals surface area contributed by atoms with Crippen LogP contribution in [-0.2, 0) is 0 Å². The van der Waals surface area contributed by atoms with E-state index in [1.54, 1.807) is 29.7 Å². The second-order valence-electron chi connectivity index (χ2n) is 5.10. The maximum absolute atomic E-state index is 8.84. The van der Waals surface area contributed by atoms with Crippen molar-refractivity contribution in [3.8, 4) is 11.8 Å². The van der Waals surface area contributed by atoms with Gasteiger partial charge in [-0.1, -0.05) is 23.5 Å². The highest BCUT2D eigenvalue weighted by atomic mass is 32.1. The zero-order valence-electron chi connectivity index (χ0n) is 11.6. The van der Waals surface area contributed by atoms with Crippen LogP contribution in [0.3, 0.4) is 0 Å². The number of hydrogen-bond donors (Lipinski definition) is 0. The third-order valence-electron chi connectivity index (χ3n) is 3.55. The second-order valence-corrected chi connectivity index (χ2v) is 6.11. The summed E-state index contributed by atoms with van der Waals surface area (Å²) in [7, 11) is 0. The van der Waals surface area contributed by atoms with Crippen LogP contribution in [0.15, 0.2) is 42.6 Å². The van der Waals surface area contributed by atoms with Gasteiger partial charge in [-0.3, -0.25) is 0 Å². The molecule has 0 atom stereocenters. The Kier molecular flexibility index (Phi) is 3.13. The number of fused-ring (bicyclic) bond motifs is 1. The zero-order chi connectivity index (χ0) is 14.9. The number of nitriles is 1. The van der Waals surface area contributed by atoms with Crippen molar-refractivity contribution in [1.82, 2.24) is 9.97 Å². The molecule has 6 heteroatoms. The summed E-state index contributed by atoms with van der Waals surface area (Å²) in [6.45, 7) is 1.62. The van der Waals surface area contributed by atoms with Gasteiger partial charge in [-0.2, -0.15) is 5.26 Å². The molecule has 3 aromatic rings. The van der Waals surface area contributed by atoms with Crippen LogP contribution in [0.4, 0.5) is 5.13 Å². The maximum atomic E-state index is 8.84. The Balaban J connectivity index is 1.42. The van der Waals surface area contributed by atoms with Gasteiger partial charge in [0.2, 0.25) is 0 Å². The van der Waals surface area contributed by atoms with Crippen LogP contribution in [0.25, 0.3) is 10.2 Å². The van der Waals surface area contributed by atoms with E-state index in [-0.39, 0.29) is 6.10 Å². The summed E-state index contributed by atoms with van der Waals surface area (Å²) in [5.74, 6) is 0.695. The van der Waals surface area contributed by atoms with E-state index >= 15 is 0 Å². The number of aromatic nitrogens is 2. The number of hydrogen-bond acceptors (Lipinski definition) is 6. The average molecular weight is 308 g/mol. The summed E-state index contributed by atoms with van der Waals surface area (Å²) in [6.07, 6.45) is 1.72. The first-order valence-electron chi connectivity index (χ1n) is 6.95. The van der Waals surface area contributed by atoms with E-state index in [4.69, 9.17) is 10.00 Å². The van der Waals surface area contributed by atoms with Crippen molar-refractivity contribution in [1.29, 1.82) is 5.26 Å². The lowest BCUT2D eigenvalue weighted by atomic mass is 10.2. The lowest BCUT2D eigenvalue weighted by molar-refractivity contribution is 0.167. The molecule has 108 valence electrons. The smallest absolute Gasteiger partial charge is 0.186 e. The van der Waals surface area contributed by atoms with Gasteiger partial charge in [-0.05, 0) is 18.2 Å². The molecule has 4 rings (SSSR count). The molecule has 1 aliphatic rings. The van der Waals surface area contributed by atoms with E-state index in [0.29, 0.717) is 11.4 Å². The third kappa shape index (κ3) is 2.36. The van der Waals surface area contributed by atoms with Crippen LogP contribution in [-0.4, -0.2) is 29.2 Å². The van der Waals surface area contributed by atoms with Crippen molar-refractivity contribution in [2.24, 2.45) is 0 Å². The van der Waals surface area contributed by atoms with Crippen molar-refractivity contribution in [2.45, 2.75) is 6.10 Å². The van der Waals surface area contributed by atoms with Gasteiger partial charge in [-0.15, -0.1) is 0 Å². The Hall–Kier alpha value is -2.65. The molecule has 0 unspecified atom stereocenters. The van der Waals surface area contributed by atoms with Crippen LogP contribution < -0.4 is 9.64 Å². The Morgan fingerprint density at radius 1 is 1.27 bits per heavy atom. The first-order chi connectivity index (χ1) is 10.8. The normalized spacial score (nSPS) is 14.6. The summed E-state index contributed by atoms with van der Waals surface area (Å²) >= 11 is 1.70. The second kappa shape index (κ2) is 5.28. The van der Waals surface area contributed by atoms with Crippen LogP contribution in [0.1, 0.15) is 5.69 Å². The van der Waals surface area contributed by atoms with Gasteiger partial charge >= 0.3 is 0 Å². The van der Waals surface area contributed by atoms with Crippen molar-refractivity contribution in [2.75, 3.05) is 18.0 Å². The highest BCUT2D eigenvalue weighted by molar-refractivity contribution is 7.22. The molecule has 0 saturated carbocycles. The number of nitrogens with zero attached hydrogens (tertiary/aromatic N) is 4. The summed E-state index contributed by atoms with van der Waals surface area (Å²) in [4.78, 5) is 10.8. The molecule has 5 nitrogen and oxygen atoms in total. The van der Waals surface area contributed by atoms with Crippen LogP contribution in [0.2, 0.25) is 0 Å². The molecule has 0 radical (unpaired) electrons. The minimum atomic E-state index is 0.126. The Labute approximate surface area is 131 Å². The van der Waals surface area contributed by atoms with Crippen molar-refractivity contribution in [3.05, 3.63) is 48.3 Å². The molecule has 2 aromatic heterocycles. The molecule has 1 aliphatic heterocycles. The van der Waals surface area contributed by atoms with E-state index < -0.39 is 0 Å². The predicted molar refractivity (Wildman–Crippen MR) is 85.2 cm³/mol. The number of anilines is 1. The molecule has 22 heavy (non-hydrogen) atoms. The van der Waals surface area contributed by atoms with Crippen LogP contribution in [0, 0.1) is 11.3 Å². The number of pyridine rings is 1. The van der Waals surface area contributed by atoms with Crippen LogP contribution in [0.5, 0.6) is 5.75 Å². The van der Waals surface area contributed by atoms with E-state index in [0.717, 1.165) is 23.7 Å². The van der Waals surface area contributed by atoms with Gasteiger partial charge in [0.25, 0.3) is 0 Å². The Morgan fingerprint density at radius 3 is 2.95 bits per heavy atom. The average Bonchev–Trinajstić information content (AvgIpc) is 2.94. The monoisotopic (exact) mass is 308 g/mol. The maximum Gasteiger partial charge on any atom is 0.186 e. The largest absolute Gasteiger partial charge is 0.487 e. The zero-order valence-corrected chi connectivity index (χ0v) is 12.5. The van der Waals surface area contributed by atoms with Crippen molar-refractivity contribution < 1.29 is 4.74 Å². The van der Waals surface area contributed by atoms with Gasteiger partial charge in [-0.25, -0.2) is 9.97 Å². The van der Waals surface area contributed by atoms with Crippen molar-refractivity contribution >= 4 is 26.7 Å². The van der Waals surface area contributed by atoms with E-state index in [1.165, 1.54) is 4.70 Å². The summed E-state index contributed by atoms with van der Waals surface area (Å²) in [5.41, 5.74) is 1.42. The lowest BCUT2D eigenvalue weighted by Crippen LogP contribution is -2.54. The van der Waals surface area contributed by atoms with E-state index in [9.17, 15) is 0 Å². The minimum Gasteiger partial charge on any atom is -0.487 e. The summed E-state index contributed by atoms with van der Waals surface area (Å²) < 4.78 is 7.07. The fourth-order valence-corrected chi connectivity index (χ4v) is 3.39. The van der Waals surface area contributed by atoms with E-state index in [1.807, 2.05) is 24.3 Å². The molecular formula is C16H12N4OS. The summed E-state index contributed by atoms with van der Waals surface area (Å²) in [5, 5.41) is 9.88. The summed E-state index contributed by atoms with van der Waals surface area (Å²) in [6, 6.07) is 13.6. The van der Waals surface area contributed by atoms with Crippen LogP contribution >= 0.6 is 11.3 Å². The number of rotatable bonds is 3. The molecule has 0 N–H and O–H groups in total. The van der Waals surface area contributed by atoms with Gasteiger partial charge in [0, 0.05) is 12.3 Å². The highest BCUT2D eigenvalue weighted by Crippen LogP contribution is 2.32. The molecule has 0 spiro atoms. The molecule has 0 bridgehead atoms. The SMILES string of the molecule is N#Cc1cc(OC2CN(c3nc4ccccc4s3)C2)ccn1. The molecular weight excluding hydrogens is 296 g/mol. The third-order valence-corrected chi connectivity index (χ3v) is 4.65. The van der Waals surface area contributed by atoms with Gasteiger partial charge < -0.3 is 9.64 Å². The molecule has 0 aliphatic carbocycles. The molecule has 3 heterocycles. The Morgan fingerprint density at radius 2 is 2.14 bits per heavy atom. The van der Waals surface area contributed by atoms with Gasteiger partial charge in [0.15, 0.2) is 5.13 Å². The number of ether oxygens (including phenoxy) is 1. The lowest BCUT2D eigenvalue weighted by Gasteiger charge is -2.38. The fraction of sp³-hybridized carbons (Fsp3) is 0.188. The molecule has 1 aromatic carbocycles. The fourth-order valence-electron chi connectivity index (χ4n) is 2.40. The topological polar surface area (TPSA) is 62.0 Å². The standard InChI is InChI=1S/C16H12N4OS/c17-8-11-7-12(5-6-18-11)21-13-9-20(10-13)16-19-14-3-1-2-4-15(14)22-16/h1-7,13H,9-10H2. The number of benzene rings is 1. The first kappa shape index (κ1) is 13.0. The predicted octanol–water partition coefficient (Wildman–Crippen LogP) is 2.83. The first-order valence-corrected chi connectivity index (χ1v) is 7.77. The highest BCUT2D eigenvalue weighted by Gasteiger charge is 2.30. The minimum absolute atomic E-state index is 0.126. The van der Waals surface area contributed by atoms with Gasteiger partial charge in [0.05, 0.1) is 23.3 Å².